The topological polar surface area (TPSA) is 76.5 Å². The highest BCUT2D eigenvalue weighted by Gasteiger charge is 2.24. The second-order valence-corrected chi connectivity index (χ2v) is 8.27. The molecule has 29 heavy (non-hydrogen) atoms. The Labute approximate surface area is 171 Å². The molecular weight excluding hydrogens is 368 g/mol. The second kappa shape index (κ2) is 8.95. The van der Waals surface area contributed by atoms with Gasteiger partial charge < -0.3 is 19.5 Å². The van der Waals surface area contributed by atoms with Crippen LogP contribution in [-0.2, 0) is 16.6 Å². The van der Waals surface area contributed by atoms with Crippen LogP contribution in [0.2, 0.25) is 0 Å². The van der Waals surface area contributed by atoms with Crippen LogP contribution in [0.3, 0.4) is 0 Å². The van der Waals surface area contributed by atoms with Crippen molar-refractivity contribution >= 4 is 22.8 Å². The Hall–Kier alpha value is -2.41. The first-order valence-corrected chi connectivity index (χ1v) is 10.7. The number of rotatable bonds is 6. The second-order valence-electron chi connectivity index (χ2n) is 8.27. The number of aryl methyl sites for hydroxylation is 1. The Bertz CT molecular complexity index is 864. The molecule has 2 aliphatic rings. The highest BCUT2D eigenvalue weighted by atomic mass is 16.5. The number of ether oxygens (including phenoxy) is 1. The van der Waals surface area contributed by atoms with Gasteiger partial charge in [-0.3, -0.25) is 9.59 Å². The lowest BCUT2D eigenvalue weighted by atomic mass is 9.91. The monoisotopic (exact) mass is 398 g/mol. The number of benzene rings is 1. The number of hydrogen-bond donors (Lipinski definition) is 1. The quantitative estimate of drug-likeness (QED) is 0.811. The Morgan fingerprint density at radius 1 is 1.24 bits per heavy atom. The van der Waals surface area contributed by atoms with E-state index >= 15 is 0 Å². The third kappa shape index (κ3) is 4.78. The zero-order chi connectivity index (χ0) is 20.2. The van der Waals surface area contributed by atoms with Gasteiger partial charge in [-0.1, -0.05) is 0 Å². The van der Waals surface area contributed by atoms with Crippen LogP contribution < -0.4 is 5.32 Å². The lowest BCUT2D eigenvalue weighted by molar-refractivity contribution is -0.122. The summed E-state index contributed by atoms with van der Waals surface area (Å²) in [4.78, 5) is 31.2. The summed E-state index contributed by atoms with van der Waals surface area (Å²) in [7, 11) is 1.95. The van der Waals surface area contributed by atoms with Crippen molar-refractivity contribution in [2.24, 2.45) is 13.0 Å². The SMILES string of the molecule is Cn1cnc2cc(C(=O)N3CCC(CCC(=O)NCC4CCCO4)CC3)ccc21. The molecule has 1 unspecified atom stereocenters. The van der Waals surface area contributed by atoms with E-state index in [1.165, 1.54) is 0 Å². The van der Waals surface area contributed by atoms with Crippen LogP contribution in [0.4, 0.5) is 0 Å². The number of fused-ring (bicyclic) bond motifs is 1. The molecule has 0 aliphatic carbocycles. The van der Waals surface area contributed by atoms with Gasteiger partial charge >= 0.3 is 0 Å². The number of carbonyl (C=O) groups excluding carboxylic acids is 2. The van der Waals surface area contributed by atoms with Gasteiger partial charge in [-0.15, -0.1) is 0 Å². The van der Waals surface area contributed by atoms with Crippen molar-refractivity contribution in [3.8, 4) is 0 Å². The van der Waals surface area contributed by atoms with Gasteiger partial charge in [-0.25, -0.2) is 4.98 Å². The van der Waals surface area contributed by atoms with Gasteiger partial charge in [-0.2, -0.15) is 0 Å². The van der Waals surface area contributed by atoms with Gasteiger partial charge in [0, 0.05) is 45.3 Å². The molecule has 3 heterocycles. The molecule has 2 aliphatic heterocycles. The summed E-state index contributed by atoms with van der Waals surface area (Å²) in [6.45, 7) is 2.95. The minimum Gasteiger partial charge on any atom is -0.376 e. The van der Waals surface area contributed by atoms with E-state index in [9.17, 15) is 9.59 Å². The molecule has 1 aromatic heterocycles. The minimum atomic E-state index is 0.0744. The van der Waals surface area contributed by atoms with E-state index in [1.54, 1.807) is 6.33 Å². The number of carbonyl (C=O) groups is 2. The summed E-state index contributed by atoms with van der Waals surface area (Å²) < 4.78 is 7.49. The average molecular weight is 399 g/mol. The van der Waals surface area contributed by atoms with Crippen molar-refractivity contribution in [2.75, 3.05) is 26.2 Å². The number of nitrogens with one attached hydrogen (secondary N) is 1. The fourth-order valence-electron chi connectivity index (χ4n) is 4.33. The predicted molar refractivity (Wildman–Crippen MR) is 111 cm³/mol. The first-order chi connectivity index (χ1) is 14.1. The molecule has 1 atom stereocenters. The number of hydrogen-bond acceptors (Lipinski definition) is 4. The van der Waals surface area contributed by atoms with Crippen LogP contribution in [0.25, 0.3) is 11.0 Å². The molecule has 2 aromatic rings. The zero-order valence-corrected chi connectivity index (χ0v) is 17.1. The molecular formula is C22H30N4O3. The molecule has 0 radical (unpaired) electrons. The zero-order valence-electron chi connectivity index (χ0n) is 17.1. The molecule has 4 rings (SSSR count). The summed E-state index contributed by atoms with van der Waals surface area (Å²) in [5, 5.41) is 2.99. The first kappa shape index (κ1) is 19.9. The van der Waals surface area contributed by atoms with Crippen molar-refractivity contribution in [3.63, 3.8) is 0 Å². The Balaban J connectivity index is 1.21. The van der Waals surface area contributed by atoms with E-state index < -0.39 is 0 Å². The summed E-state index contributed by atoms with van der Waals surface area (Å²) in [5.41, 5.74) is 2.57. The highest BCUT2D eigenvalue weighted by molar-refractivity contribution is 5.97. The molecule has 7 nitrogen and oxygen atoms in total. The van der Waals surface area contributed by atoms with Gasteiger partial charge in [0.25, 0.3) is 5.91 Å². The number of aromatic nitrogens is 2. The van der Waals surface area contributed by atoms with Crippen molar-refractivity contribution in [1.82, 2.24) is 19.8 Å². The van der Waals surface area contributed by atoms with Crippen molar-refractivity contribution in [2.45, 2.75) is 44.6 Å². The predicted octanol–water partition coefficient (Wildman–Crippen LogP) is 2.50. The molecule has 2 amide bonds. The molecule has 1 N–H and O–H groups in total. The normalized spacial score (nSPS) is 20.3. The minimum absolute atomic E-state index is 0.0744. The van der Waals surface area contributed by atoms with Gasteiger partial charge in [0.05, 0.1) is 23.5 Å². The number of likely N-dealkylation sites (tertiary alicyclic amines) is 1. The van der Waals surface area contributed by atoms with E-state index in [2.05, 4.69) is 10.3 Å². The fraction of sp³-hybridized carbons (Fsp3) is 0.591. The number of piperidine rings is 1. The fourth-order valence-corrected chi connectivity index (χ4v) is 4.33. The number of amides is 2. The van der Waals surface area contributed by atoms with E-state index in [1.807, 2.05) is 34.7 Å². The van der Waals surface area contributed by atoms with Crippen LogP contribution >= 0.6 is 0 Å². The van der Waals surface area contributed by atoms with Crippen LogP contribution in [-0.4, -0.2) is 58.6 Å². The maximum atomic E-state index is 12.8. The lowest BCUT2D eigenvalue weighted by Gasteiger charge is -2.32. The first-order valence-electron chi connectivity index (χ1n) is 10.7. The van der Waals surface area contributed by atoms with Crippen LogP contribution in [0.1, 0.15) is 48.9 Å². The molecule has 156 valence electrons. The molecule has 7 heteroatoms. The maximum absolute atomic E-state index is 12.8. The summed E-state index contributed by atoms with van der Waals surface area (Å²) >= 11 is 0. The van der Waals surface area contributed by atoms with Crippen molar-refractivity contribution in [1.29, 1.82) is 0 Å². The summed E-state index contributed by atoms with van der Waals surface area (Å²) in [6.07, 6.45) is 7.45. The Morgan fingerprint density at radius 3 is 2.83 bits per heavy atom. The smallest absolute Gasteiger partial charge is 0.253 e. The third-order valence-corrected chi connectivity index (χ3v) is 6.20. The van der Waals surface area contributed by atoms with E-state index in [0.717, 1.165) is 62.8 Å². The number of imidazole rings is 1. The molecule has 0 spiro atoms. The number of nitrogens with zero attached hydrogens (tertiary/aromatic N) is 3. The maximum Gasteiger partial charge on any atom is 0.253 e. The average Bonchev–Trinajstić information content (AvgIpc) is 3.40. The van der Waals surface area contributed by atoms with Gasteiger partial charge in [0.15, 0.2) is 0 Å². The molecule has 0 bridgehead atoms. The standard InChI is InChI=1S/C22H30N4O3/c1-25-15-24-19-13-17(5-6-20(19)25)22(28)26-10-8-16(9-11-26)4-7-21(27)23-14-18-3-2-12-29-18/h5-6,13,15-16,18H,2-4,7-12,14H2,1H3,(H,23,27). The molecule has 2 saturated heterocycles. The summed E-state index contributed by atoms with van der Waals surface area (Å²) in [6, 6.07) is 5.72. The third-order valence-electron chi connectivity index (χ3n) is 6.20. The van der Waals surface area contributed by atoms with Crippen LogP contribution in [0, 0.1) is 5.92 Å². The van der Waals surface area contributed by atoms with Gasteiger partial charge in [0.2, 0.25) is 5.91 Å². The molecule has 0 saturated carbocycles. The highest BCUT2D eigenvalue weighted by Crippen LogP contribution is 2.24. The van der Waals surface area contributed by atoms with E-state index in [4.69, 9.17) is 4.74 Å². The lowest BCUT2D eigenvalue weighted by Crippen LogP contribution is -2.39. The van der Waals surface area contributed by atoms with Gasteiger partial charge in [0.1, 0.15) is 0 Å². The van der Waals surface area contributed by atoms with Crippen molar-refractivity contribution < 1.29 is 14.3 Å². The van der Waals surface area contributed by atoms with Crippen LogP contribution in [0.5, 0.6) is 0 Å². The van der Waals surface area contributed by atoms with Gasteiger partial charge in [-0.05, 0) is 56.2 Å². The van der Waals surface area contributed by atoms with E-state index in [-0.39, 0.29) is 17.9 Å². The molecule has 1 aromatic carbocycles. The van der Waals surface area contributed by atoms with Crippen molar-refractivity contribution in [3.05, 3.63) is 30.1 Å². The Morgan fingerprint density at radius 2 is 2.07 bits per heavy atom. The largest absolute Gasteiger partial charge is 0.376 e. The Kier molecular flexibility index (Phi) is 6.13. The summed E-state index contributed by atoms with van der Waals surface area (Å²) in [5.74, 6) is 0.693. The molecule has 2 fully saturated rings. The van der Waals surface area contributed by atoms with E-state index in [0.29, 0.717) is 24.4 Å². The van der Waals surface area contributed by atoms with Crippen LogP contribution in [0.15, 0.2) is 24.5 Å².